The third-order valence-electron chi connectivity index (χ3n) is 4.91. The normalized spacial score (nSPS) is 14.2. The molecule has 2 aromatic carbocycles. The van der Waals surface area contributed by atoms with Crippen molar-refractivity contribution in [3.05, 3.63) is 76.6 Å². The number of para-hydroxylation sites is 2. The van der Waals surface area contributed by atoms with Crippen molar-refractivity contribution in [2.24, 2.45) is 0 Å². The fourth-order valence-corrected chi connectivity index (χ4v) is 3.56. The van der Waals surface area contributed by atoms with Gasteiger partial charge in [0.05, 0.1) is 12.2 Å². The van der Waals surface area contributed by atoms with Crippen LogP contribution in [0.25, 0.3) is 0 Å². The van der Waals surface area contributed by atoms with E-state index in [1.54, 1.807) is 31.2 Å². The first-order valence-corrected chi connectivity index (χ1v) is 10.7. The summed E-state index contributed by atoms with van der Waals surface area (Å²) in [6.45, 7) is 1.34. The zero-order chi connectivity index (χ0) is 24.1. The quantitative estimate of drug-likeness (QED) is 0.405. The van der Waals surface area contributed by atoms with Crippen LogP contribution in [0.1, 0.15) is 21.6 Å². The number of aromatic nitrogens is 2. The van der Waals surface area contributed by atoms with E-state index < -0.39 is 30.5 Å². The number of fused-ring (bicyclic) bond motifs is 1. The summed E-state index contributed by atoms with van der Waals surface area (Å²) >= 11 is 6.33. The summed E-state index contributed by atoms with van der Waals surface area (Å²) in [7, 11) is 0. The van der Waals surface area contributed by atoms with Crippen molar-refractivity contribution in [2.45, 2.75) is 19.6 Å². The Morgan fingerprint density at radius 3 is 2.56 bits per heavy atom. The predicted molar refractivity (Wildman–Crippen MR) is 120 cm³/mol. The Labute approximate surface area is 199 Å². The second kappa shape index (κ2) is 10.3. The molecule has 11 heteroatoms. The van der Waals surface area contributed by atoms with Crippen LogP contribution in [-0.4, -0.2) is 46.9 Å². The standard InChI is InChI=1S/C23H21ClN4O6/c1-14-20(21(24)28(27-14)11-15-7-3-2-4-8-15)23(31)33-13-19(29)25-26-22(30)18-12-32-16-9-5-6-10-17(16)34-18/h2-10,18H,11-13H2,1H3,(H,25,29)(H,26,30). The van der Waals surface area contributed by atoms with Crippen LogP contribution in [0.3, 0.4) is 0 Å². The molecule has 0 fully saturated rings. The van der Waals surface area contributed by atoms with E-state index in [0.29, 0.717) is 23.7 Å². The Kier molecular flexibility index (Phi) is 6.98. The maximum absolute atomic E-state index is 12.5. The zero-order valence-corrected chi connectivity index (χ0v) is 18.9. The number of esters is 1. The fourth-order valence-electron chi connectivity index (χ4n) is 3.25. The number of benzene rings is 2. The first kappa shape index (κ1) is 23.1. The van der Waals surface area contributed by atoms with Crippen molar-refractivity contribution in [1.82, 2.24) is 20.6 Å². The van der Waals surface area contributed by atoms with Gasteiger partial charge in [-0.15, -0.1) is 0 Å². The van der Waals surface area contributed by atoms with E-state index >= 15 is 0 Å². The number of amides is 2. The lowest BCUT2D eigenvalue weighted by Gasteiger charge is -2.25. The first-order chi connectivity index (χ1) is 16.4. The molecule has 1 aromatic heterocycles. The number of halogens is 1. The smallest absolute Gasteiger partial charge is 0.343 e. The average molecular weight is 485 g/mol. The number of hydrazine groups is 1. The van der Waals surface area contributed by atoms with Crippen molar-refractivity contribution in [1.29, 1.82) is 0 Å². The van der Waals surface area contributed by atoms with Gasteiger partial charge in [-0.25, -0.2) is 9.48 Å². The second-order valence-corrected chi connectivity index (χ2v) is 7.73. The van der Waals surface area contributed by atoms with Gasteiger partial charge in [0.25, 0.3) is 11.8 Å². The molecule has 0 saturated heterocycles. The van der Waals surface area contributed by atoms with Gasteiger partial charge in [-0.05, 0) is 24.6 Å². The first-order valence-electron chi connectivity index (χ1n) is 10.3. The summed E-state index contributed by atoms with van der Waals surface area (Å²) in [5, 5.41) is 4.39. The van der Waals surface area contributed by atoms with Crippen LogP contribution in [0.2, 0.25) is 5.15 Å². The van der Waals surface area contributed by atoms with Crippen molar-refractivity contribution < 1.29 is 28.6 Å². The topological polar surface area (TPSA) is 121 Å². The Hall–Kier alpha value is -4.05. The van der Waals surface area contributed by atoms with Crippen LogP contribution in [0.5, 0.6) is 11.5 Å². The minimum Gasteiger partial charge on any atom is -0.485 e. The third kappa shape index (κ3) is 5.29. The van der Waals surface area contributed by atoms with Gasteiger partial charge >= 0.3 is 5.97 Å². The molecular weight excluding hydrogens is 464 g/mol. The minimum atomic E-state index is -0.949. The SMILES string of the molecule is Cc1nn(Cc2ccccc2)c(Cl)c1C(=O)OCC(=O)NNC(=O)C1COc2ccccc2O1. The molecule has 0 saturated carbocycles. The lowest BCUT2D eigenvalue weighted by atomic mass is 10.2. The van der Waals surface area contributed by atoms with Gasteiger partial charge in [-0.2, -0.15) is 5.10 Å². The number of hydrogen-bond acceptors (Lipinski definition) is 7. The fraction of sp³-hybridized carbons (Fsp3) is 0.217. The van der Waals surface area contributed by atoms with E-state index in [0.717, 1.165) is 5.56 Å². The van der Waals surface area contributed by atoms with Crippen molar-refractivity contribution in [3.8, 4) is 11.5 Å². The number of aryl methyl sites for hydroxylation is 1. The van der Waals surface area contributed by atoms with E-state index in [1.165, 1.54) is 4.68 Å². The van der Waals surface area contributed by atoms with Crippen LogP contribution >= 0.6 is 11.6 Å². The van der Waals surface area contributed by atoms with Gasteiger partial charge in [0, 0.05) is 0 Å². The molecule has 0 spiro atoms. The number of nitrogens with zero attached hydrogens (tertiary/aromatic N) is 2. The summed E-state index contributed by atoms with van der Waals surface area (Å²) in [6.07, 6.45) is -0.949. The van der Waals surface area contributed by atoms with E-state index in [1.807, 2.05) is 30.3 Å². The van der Waals surface area contributed by atoms with E-state index in [2.05, 4.69) is 16.0 Å². The monoisotopic (exact) mass is 484 g/mol. The molecule has 1 aliphatic heterocycles. The summed E-state index contributed by atoms with van der Waals surface area (Å²) < 4.78 is 17.5. The third-order valence-corrected chi connectivity index (χ3v) is 5.29. The van der Waals surface area contributed by atoms with Crippen molar-refractivity contribution in [3.63, 3.8) is 0 Å². The number of hydrogen-bond donors (Lipinski definition) is 2. The lowest BCUT2D eigenvalue weighted by Crippen LogP contribution is -2.51. The number of rotatable bonds is 6. The van der Waals surface area contributed by atoms with Gasteiger partial charge in [-0.3, -0.25) is 20.4 Å². The number of nitrogens with one attached hydrogen (secondary N) is 2. The molecule has 0 aliphatic carbocycles. The molecule has 0 bridgehead atoms. The van der Waals surface area contributed by atoms with Crippen molar-refractivity contribution >= 4 is 29.4 Å². The molecule has 176 valence electrons. The molecule has 4 rings (SSSR count). The molecule has 2 heterocycles. The summed E-state index contributed by atoms with van der Waals surface area (Å²) in [4.78, 5) is 36.8. The molecule has 2 amide bonds. The van der Waals surface area contributed by atoms with Gasteiger partial charge in [0.1, 0.15) is 17.3 Å². The van der Waals surface area contributed by atoms with E-state index in [9.17, 15) is 14.4 Å². The highest BCUT2D eigenvalue weighted by atomic mass is 35.5. The van der Waals surface area contributed by atoms with Gasteiger partial charge in [0.2, 0.25) is 6.10 Å². The predicted octanol–water partition coefficient (Wildman–Crippen LogP) is 2.04. The molecule has 10 nitrogen and oxygen atoms in total. The molecule has 34 heavy (non-hydrogen) atoms. The number of ether oxygens (including phenoxy) is 3. The highest BCUT2D eigenvalue weighted by Gasteiger charge is 2.28. The Morgan fingerprint density at radius 2 is 1.79 bits per heavy atom. The van der Waals surface area contributed by atoms with Gasteiger partial charge in [-0.1, -0.05) is 54.1 Å². The number of carbonyl (C=O) groups is 3. The molecule has 0 radical (unpaired) electrons. The number of carbonyl (C=O) groups excluding carboxylic acids is 3. The molecular formula is C23H21ClN4O6. The second-order valence-electron chi connectivity index (χ2n) is 7.37. The van der Waals surface area contributed by atoms with Crippen LogP contribution in [0, 0.1) is 6.92 Å². The Balaban J connectivity index is 1.26. The maximum Gasteiger partial charge on any atom is 0.343 e. The molecule has 1 aliphatic rings. The lowest BCUT2D eigenvalue weighted by molar-refractivity contribution is -0.135. The Bertz CT molecular complexity index is 1210. The molecule has 1 unspecified atom stereocenters. The zero-order valence-electron chi connectivity index (χ0n) is 18.1. The van der Waals surface area contributed by atoms with Crippen molar-refractivity contribution in [2.75, 3.05) is 13.2 Å². The minimum absolute atomic E-state index is 0.0154. The summed E-state index contributed by atoms with van der Waals surface area (Å²) in [5.74, 6) is -1.21. The molecule has 2 N–H and O–H groups in total. The summed E-state index contributed by atoms with van der Waals surface area (Å²) in [5.41, 5.74) is 5.79. The van der Waals surface area contributed by atoms with Gasteiger partial charge in [0.15, 0.2) is 18.1 Å². The maximum atomic E-state index is 12.5. The molecule has 3 aromatic rings. The van der Waals surface area contributed by atoms with E-state index in [4.69, 9.17) is 25.8 Å². The average Bonchev–Trinajstić information content (AvgIpc) is 3.13. The van der Waals surface area contributed by atoms with Crippen LogP contribution in [0.4, 0.5) is 0 Å². The largest absolute Gasteiger partial charge is 0.485 e. The highest BCUT2D eigenvalue weighted by molar-refractivity contribution is 6.32. The Morgan fingerprint density at radius 1 is 1.09 bits per heavy atom. The van der Waals surface area contributed by atoms with E-state index in [-0.39, 0.29) is 17.3 Å². The molecule has 1 atom stereocenters. The van der Waals surface area contributed by atoms with Crippen LogP contribution in [-0.2, 0) is 20.9 Å². The summed E-state index contributed by atoms with van der Waals surface area (Å²) in [6, 6.07) is 16.4. The highest BCUT2D eigenvalue weighted by Crippen LogP contribution is 2.30. The van der Waals surface area contributed by atoms with Gasteiger partial charge < -0.3 is 14.2 Å². The van der Waals surface area contributed by atoms with Crippen LogP contribution < -0.4 is 20.3 Å². The van der Waals surface area contributed by atoms with Crippen LogP contribution in [0.15, 0.2) is 54.6 Å².